The Morgan fingerprint density at radius 2 is 1.73 bits per heavy atom. The van der Waals surface area contributed by atoms with E-state index in [0.29, 0.717) is 47.2 Å². The fraction of sp³-hybridized carbons (Fsp3) is 0.238. The number of thiazole rings is 1. The van der Waals surface area contributed by atoms with Crippen molar-refractivity contribution in [3.63, 3.8) is 0 Å². The minimum atomic E-state index is -3.57. The summed E-state index contributed by atoms with van der Waals surface area (Å²) in [4.78, 5) is 17.0. The van der Waals surface area contributed by atoms with Crippen LogP contribution in [-0.2, 0) is 29.4 Å². The maximum absolute atomic E-state index is 12.7. The number of hydrogen-bond acceptors (Lipinski definition) is 8. The van der Waals surface area contributed by atoms with Crippen LogP contribution < -0.4 is 5.32 Å². The second-order valence-electron chi connectivity index (χ2n) is 7.33. The van der Waals surface area contributed by atoms with E-state index in [-0.39, 0.29) is 9.79 Å². The Hall–Kier alpha value is -2.64. The van der Waals surface area contributed by atoms with Crippen LogP contribution in [0.1, 0.15) is 5.56 Å². The van der Waals surface area contributed by atoms with Crippen molar-refractivity contribution in [3.8, 4) is 0 Å². The van der Waals surface area contributed by atoms with Gasteiger partial charge in [-0.05, 0) is 42.0 Å². The van der Waals surface area contributed by atoms with Crippen LogP contribution in [0, 0.1) is 0 Å². The molecule has 0 aliphatic carbocycles. The predicted octanol–water partition coefficient (Wildman–Crippen LogP) is 2.37. The minimum absolute atomic E-state index is 0.189. The molecule has 1 N–H and O–H groups in total. The largest absolute Gasteiger partial charge is 0.379 e. The number of benzene rings is 2. The van der Waals surface area contributed by atoms with Crippen molar-refractivity contribution in [1.29, 1.82) is 0 Å². The highest BCUT2D eigenvalue weighted by Crippen LogP contribution is 2.28. The Morgan fingerprint density at radius 3 is 2.39 bits per heavy atom. The number of hydrogen-bond donors (Lipinski definition) is 1. The van der Waals surface area contributed by atoms with Crippen LogP contribution in [0.2, 0.25) is 0 Å². The van der Waals surface area contributed by atoms with Gasteiger partial charge in [-0.3, -0.25) is 10.1 Å². The molecule has 1 saturated heterocycles. The lowest BCUT2D eigenvalue weighted by Gasteiger charge is -2.26. The Labute approximate surface area is 195 Å². The first-order valence-electron chi connectivity index (χ1n) is 9.91. The number of fused-ring (bicyclic) bond motifs is 1. The van der Waals surface area contributed by atoms with Gasteiger partial charge in [0, 0.05) is 25.4 Å². The molecule has 12 heteroatoms. The average Bonchev–Trinajstić information content (AvgIpc) is 3.19. The maximum atomic E-state index is 12.7. The molecule has 9 nitrogen and oxygen atoms in total. The summed E-state index contributed by atoms with van der Waals surface area (Å²) < 4.78 is 56.0. The highest BCUT2D eigenvalue weighted by molar-refractivity contribution is 7.90. The number of nitrogens with one attached hydrogen (secondary N) is 1. The lowest BCUT2D eigenvalue weighted by molar-refractivity contribution is -0.111. The molecular formula is C21H21N3O6S3. The van der Waals surface area contributed by atoms with Gasteiger partial charge in [-0.2, -0.15) is 4.31 Å². The zero-order chi connectivity index (χ0) is 23.6. The van der Waals surface area contributed by atoms with Crippen molar-refractivity contribution in [2.24, 2.45) is 0 Å². The molecule has 1 aromatic heterocycles. The van der Waals surface area contributed by atoms with Crippen molar-refractivity contribution in [2.45, 2.75) is 9.79 Å². The molecule has 0 saturated carbocycles. The number of sulfone groups is 1. The number of amides is 1. The number of aromatic nitrogens is 1. The van der Waals surface area contributed by atoms with E-state index in [0.717, 1.165) is 6.26 Å². The van der Waals surface area contributed by atoms with Crippen LogP contribution in [-0.4, -0.2) is 64.6 Å². The number of rotatable bonds is 6. The van der Waals surface area contributed by atoms with Crippen LogP contribution >= 0.6 is 11.3 Å². The fourth-order valence-corrected chi connectivity index (χ4v) is 6.23. The van der Waals surface area contributed by atoms with Crippen molar-refractivity contribution >= 4 is 58.5 Å². The van der Waals surface area contributed by atoms with Crippen LogP contribution in [0.4, 0.5) is 5.13 Å². The monoisotopic (exact) mass is 507 g/mol. The molecule has 1 aliphatic rings. The molecule has 0 spiro atoms. The second-order valence-corrected chi connectivity index (χ2v) is 12.3. The molecule has 4 rings (SSSR count). The van der Waals surface area contributed by atoms with Gasteiger partial charge in [0.25, 0.3) is 0 Å². The highest BCUT2D eigenvalue weighted by Gasteiger charge is 2.26. The molecule has 1 fully saturated rings. The number of carbonyl (C=O) groups is 1. The number of ether oxygens (including phenoxy) is 1. The third-order valence-corrected chi connectivity index (χ3v) is 8.89. The van der Waals surface area contributed by atoms with Gasteiger partial charge >= 0.3 is 0 Å². The van der Waals surface area contributed by atoms with Crippen LogP contribution in [0.15, 0.2) is 58.3 Å². The summed E-state index contributed by atoms with van der Waals surface area (Å²) in [7, 11) is -6.90. The highest BCUT2D eigenvalue weighted by atomic mass is 32.2. The van der Waals surface area contributed by atoms with Gasteiger partial charge in [0.1, 0.15) is 0 Å². The first-order chi connectivity index (χ1) is 15.6. The number of sulfonamides is 1. The summed E-state index contributed by atoms with van der Waals surface area (Å²) in [6.07, 6.45) is 4.02. The molecule has 3 aromatic rings. The number of nitrogens with zero attached hydrogens (tertiary/aromatic N) is 2. The molecule has 2 aromatic carbocycles. The van der Waals surface area contributed by atoms with E-state index >= 15 is 0 Å². The summed E-state index contributed by atoms with van der Waals surface area (Å²) in [6, 6.07) is 10.9. The second kappa shape index (κ2) is 9.31. The summed E-state index contributed by atoms with van der Waals surface area (Å²) in [5.41, 5.74) is 1.25. The third kappa shape index (κ3) is 5.47. The van der Waals surface area contributed by atoms with Crippen LogP contribution in [0.25, 0.3) is 16.3 Å². The van der Waals surface area contributed by atoms with Crippen molar-refractivity contribution < 1.29 is 26.4 Å². The minimum Gasteiger partial charge on any atom is -0.379 e. The van der Waals surface area contributed by atoms with Crippen LogP contribution in [0.3, 0.4) is 0 Å². The van der Waals surface area contributed by atoms with Gasteiger partial charge in [0.2, 0.25) is 15.9 Å². The van der Waals surface area contributed by atoms with E-state index in [1.54, 1.807) is 24.3 Å². The van der Waals surface area contributed by atoms with E-state index in [2.05, 4.69) is 10.3 Å². The molecule has 0 atom stereocenters. The molecule has 33 heavy (non-hydrogen) atoms. The molecule has 0 radical (unpaired) electrons. The third-order valence-electron chi connectivity index (χ3n) is 4.93. The van der Waals surface area contributed by atoms with E-state index in [4.69, 9.17) is 4.74 Å². The van der Waals surface area contributed by atoms with Gasteiger partial charge in [0.05, 0.1) is 33.2 Å². The van der Waals surface area contributed by atoms with Gasteiger partial charge in [-0.25, -0.2) is 21.8 Å². The van der Waals surface area contributed by atoms with E-state index < -0.39 is 25.8 Å². The van der Waals surface area contributed by atoms with Crippen LogP contribution in [0.5, 0.6) is 0 Å². The summed E-state index contributed by atoms with van der Waals surface area (Å²) in [5.74, 6) is -0.414. The van der Waals surface area contributed by atoms with Crippen molar-refractivity contribution in [1.82, 2.24) is 9.29 Å². The molecule has 1 aliphatic heterocycles. The van der Waals surface area contributed by atoms with Gasteiger partial charge in [-0.1, -0.05) is 23.5 Å². The maximum Gasteiger partial charge on any atom is 0.250 e. The fourth-order valence-electron chi connectivity index (χ4n) is 3.19. The van der Waals surface area contributed by atoms with E-state index in [1.807, 2.05) is 0 Å². The number of carbonyl (C=O) groups excluding carboxylic acids is 1. The van der Waals surface area contributed by atoms with Gasteiger partial charge in [-0.15, -0.1) is 0 Å². The smallest absolute Gasteiger partial charge is 0.250 e. The molecular weight excluding hydrogens is 486 g/mol. The zero-order valence-electron chi connectivity index (χ0n) is 17.6. The van der Waals surface area contributed by atoms with E-state index in [1.165, 1.54) is 46.0 Å². The lowest BCUT2D eigenvalue weighted by Crippen LogP contribution is -2.40. The van der Waals surface area contributed by atoms with Gasteiger partial charge < -0.3 is 4.74 Å². The standard InChI is InChI=1S/C21H21N3O6S3/c1-32(26,27)17-7-8-18-19(14-17)31-21(22-18)23-20(25)9-4-15-2-5-16(6-3-15)33(28,29)24-10-12-30-13-11-24/h2-9,14H,10-13H2,1H3,(H,22,23,25)/b9-4+. The summed E-state index contributed by atoms with van der Waals surface area (Å²) >= 11 is 1.17. The normalized spacial score (nSPS) is 15.8. The molecule has 1 amide bonds. The van der Waals surface area contributed by atoms with E-state index in [9.17, 15) is 21.6 Å². The van der Waals surface area contributed by atoms with Crippen molar-refractivity contribution in [2.75, 3.05) is 37.9 Å². The molecule has 0 bridgehead atoms. The topological polar surface area (TPSA) is 123 Å². The first kappa shape index (κ1) is 23.5. The Morgan fingerprint density at radius 1 is 1.06 bits per heavy atom. The molecule has 174 valence electrons. The Kier molecular flexibility index (Phi) is 6.64. The Balaban J connectivity index is 1.42. The number of anilines is 1. The van der Waals surface area contributed by atoms with Crippen molar-refractivity contribution in [3.05, 3.63) is 54.1 Å². The Bertz CT molecular complexity index is 1420. The SMILES string of the molecule is CS(=O)(=O)c1ccc2nc(NC(=O)/C=C/c3ccc(S(=O)(=O)N4CCOCC4)cc3)sc2c1. The summed E-state index contributed by atoms with van der Waals surface area (Å²) in [5, 5.41) is 3.00. The van der Waals surface area contributed by atoms with Gasteiger partial charge in [0.15, 0.2) is 15.0 Å². The quantitative estimate of drug-likeness (QED) is 0.508. The summed E-state index contributed by atoms with van der Waals surface area (Å²) in [6.45, 7) is 1.41. The first-order valence-corrected chi connectivity index (χ1v) is 14.1. The predicted molar refractivity (Wildman–Crippen MR) is 126 cm³/mol. The molecule has 0 unspecified atom stereocenters. The number of morpholine rings is 1. The molecule has 2 heterocycles. The zero-order valence-corrected chi connectivity index (χ0v) is 20.0. The lowest BCUT2D eigenvalue weighted by atomic mass is 10.2. The average molecular weight is 508 g/mol.